The van der Waals surface area contributed by atoms with Crippen LogP contribution in [0.25, 0.3) is 0 Å². The molecule has 48 heavy (non-hydrogen) atoms. The van der Waals surface area contributed by atoms with Crippen molar-refractivity contribution >= 4 is 93.5 Å². The molecule has 2 aromatic rings. The summed E-state index contributed by atoms with van der Waals surface area (Å²) in [6, 6.07) is 2.27. The zero-order chi connectivity index (χ0) is 35.6. The van der Waals surface area contributed by atoms with Crippen LogP contribution in [-0.2, 0) is 19.1 Å². The fourth-order valence-corrected chi connectivity index (χ4v) is 8.16. The third-order valence-electron chi connectivity index (χ3n) is 8.96. The fourth-order valence-electron chi connectivity index (χ4n) is 6.72. The van der Waals surface area contributed by atoms with E-state index in [1.165, 1.54) is 0 Å². The van der Waals surface area contributed by atoms with Gasteiger partial charge in [-0.05, 0) is 49.7 Å². The first kappa shape index (κ1) is 38.9. The molecule has 0 bridgehead atoms. The first-order valence-corrected chi connectivity index (χ1v) is 17.8. The normalized spacial score (nSPS) is 24.0. The third-order valence-corrected chi connectivity index (χ3v) is 11.1. The van der Waals surface area contributed by atoms with E-state index in [1.807, 2.05) is 13.8 Å². The number of hydrogen-bond donors (Lipinski definition) is 0. The van der Waals surface area contributed by atoms with Crippen molar-refractivity contribution in [3.8, 4) is 11.5 Å². The number of ether oxygens (including phenoxy) is 4. The summed E-state index contributed by atoms with van der Waals surface area (Å²) in [5, 5.41) is -1.45. The fraction of sp³-hybridized carbons (Fsp3) is 0.529. The van der Waals surface area contributed by atoms with Gasteiger partial charge < -0.3 is 18.9 Å². The van der Waals surface area contributed by atoms with Crippen LogP contribution >= 0.6 is 69.6 Å². The van der Waals surface area contributed by atoms with Gasteiger partial charge in [0.15, 0.2) is 11.5 Å². The SMILES string of the molecule is CC1CCCC(C)(COC(=O)c2c(Cl)c(Cl)cc(Cl)c2OC(=O)C(=O)Oc2c(Cl)cc(Cl)c(Cl)c2C(=O)OCC2(C)CCCC(C)C2)C1. The lowest BCUT2D eigenvalue weighted by Crippen LogP contribution is -2.31. The molecule has 2 aromatic carbocycles. The molecule has 14 heteroatoms. The zero-order valence-electron chi connectivity index (χ0n) is 26.9. The summed E-state index contributed by atoms with van der Waals surface area (Å²) < 4.78 is 21.7. The minimum absolute atomic E-state index is 0.0684. The molecule has 0 saturated heterocycles. The second-order valence-corrected chi connectivity index (χ2v) is 16.1. The maximum absolute atomic E-state index is 13.3. The Bertz CT molecular complexity index is 1500. The van der Waals surface area contributed by atoms with Gasteiger partial charge in [0.05, 0.1) is 43.3 Å². The zero-order valence-corrected chi connectivity index (χ0v) is 31.4. The number of benzene rings is 2. The van der Waals surface area contributed by atoms with Gasteiger partial charge in [-0.2, -0.15) is 0 Å². The van der Waals surface area contributed by atoms with E-state index in [0.29, 0.717) is 11.8 Å². The Balaban J connectivity index is 1.55. The summed E-state index contributed by atoms with van der Waals surface area (Å²) in [4.78, 5) is 52.8. The Morgan fingerprint density at radius 2 is 1.00 bits per heavy atom. The van der Waals surface area contributed by atoms with Gasteiger partial charge in [0.1, 0.15) is 11.1 Å². The number of hydrogen-bond acceptors (Lipinski definition) is 8. The molecule has 0 aromatic heterocycles. The number of esters is 4. The molecular formula is C34H36Cl6O8. The van der Waals surface area contributed by atoms with Crippen molar-refractivity contribution in [1.29, 1.82) is 0 Å². The lowest BCUT2D eigenvalue weighted by atomic mass is 9.72. The minimum atomic E-state index is -1.64. The minimum Gasteiger partial charge on any atom is -0.461 e. The van der Waals surface area contributed by atoms with E-state index >= 15 is 0 Å². The molecule has 0 spiro atoms. The standard InChI is InChI=1S/C34H36Cl6O8/c1-17-7-5-9-33(3,13-17)15-45-29(41)23-25(39)19(35)11-21(37)27(23)47-31(43)32(44)48-28-22(38)12-20(36)26(40)24(28)30(42)46-16-34(4)10-6-8-18(2)14-34/h11-12,17-18H,5-10,13-16H2,1-4H3. The van der Waals surface area contributed by atoms with Crippen LogP contribution in [-0.4, -0.2) is 37.1 Å². The Hall–Kier alpha value is -1.94. The van der Waals surface area contributed by atoms with Crippen molar-refractivity contribution in [2.75, 3.05) is 13.2 Å². The van der Waals surface area contributed by atoms with Gasteiger partial charge >= 0.3 is 23.9 Å². The molecule has 2 aliphatic rings. The Kier molecular flexibility index (Phi) is 12.9. The highest BCUT2D eigenvalue weighted by atomic mass is 35.5. The Labute approximate surface area is 309 Å². The van der Waals surface area contributed by atoms with E-state index in [1.54, 1.807) is 0 Å². The molecule has 2 fully saturated rings. The van der Waals surface area contributed by atoms with Crippen molar-refractivity contribution in [2.24, 2.45) is 22.7 Å². The van der Waals surface area contributed by atoms with Gasteiger partial charge in [-0.25, -0.2) is 19.2 Å². The summed E-state index contributed by atoms with van der Waals surface area (Å²) in [6.45, 7) is 8.46. The Morgan fingerprint density at radius 1 is 0.646 bits per heavy atom. The second kappa shape index (κ2) is 15.9. The van der Waals surface area contributed by atoms with Crippen LogP contribution in [0.15, 0.2) is 12.1 Å². The molecule has 4 rings (SSSR count). The van der Waals surface area contributed by atoms with Gasteiger partial charge in [-0.3, -0.25) is 0 Å². The van der Waals surface area contributed by atoms with E-state index in [-0.39, 0.29) is 54.2 Å². The van der Waals surface area contributed by atoms with Crippen LogP contribution < -0.4 is 9.47 Å². The van der Waals surface area contributed by atoms with Gasteiger partial charge in [0.2, 0.25) is 0 Å². The van der Waals surface area contributed by atoms with Crippen LogP contribution in [0, 0.1) is 22.7 Å². The first-order chi connectivity index (χ1) is 22.4. The molecular weight excluding hydrogens is 749 g/mol. The van der Waals surface area contributed by atoms with E-state index in [2.05, 4.69) is 13.8 Å². The predicted octanol–water partition coefficient (Wildman–Crippen LogP) is 10.9. The van der Waals surface area contributed by atoms with E-state index in [9.17, 15) is 19.2 Å². The number of carbonyl (C=O) groups is 4. The van der Waals surface area contributed by atoms with E-state index in [0.717, 1.165) is 63.5 Å². The molecule has 4 unspecified atom stereocenters. The summed E-state index contributed by atoms with van der Waals surface area (Å²) in [5.74, 6) is -5.42. The number of rotatable bonds is 8. The largest absolute Gasteiger partial charge is 0.461 e. The quantitative estimate of drug-likeness (QED) is 0.113. The highest BCUT2D eigenvalue weighted by molar-refractivity contribution is 6.47. The average molecular weight is 785 g/mol. The van der Waals surface area contributed by atoms with Crippen LogP contribution in [0.5, 0.6) is 11.5 Å². The molecule has 262 valence electrons. The molecule has 2 aliphatic carbocycles. The molecule has 0 radical (unpaired) electrons. The van der Waals surface area contributed by atoms with Crippen molar-refractivity contribution in [3.05, 3.63) is 53.4 Å². The summed E-state index contributed by atoms with van der Waals surface area (Å²) in [6.07, 6.45) is 7.57. The summed E-state index contributed by atoms with van der Waals surface area (Å²) in [7, 11) is 0. The number of carbonyl (C=O) groups excluding carboxylic acids is 4. The molecule has 2 saturated carbocycles. The van der Waals surface area contributed by atoms with Crippen molar-refractivity contribution in [2.45, 2.75) is 79.1 Å². The van der Waals surface area contributed by atoms with Crippen molar-refractivity contribution in [3.63, 3.8) is 0 Å². The topological polar surface area (TPSA) is 105 Å². The first-order valence-electron chi connectivity index (χ1n) is 15.6. The maximum atomic E-state index is 13.3. The van der Waals surface area contributed by atoms with Crippen LogP contribution in [0.2, 0.25) is 30.1 Å². The second-order valence-electron chi connectivity index (χ2n) is 13.7. The van der Waals surface area contributed by atoms with Crippen molar-refractivity contribution in [1.82, 2.24) is 0 Å². The molecule has 0 N–H and O–H groups in total. The average Bonchev–Trinajstić information content (AvgIpc) is 3.00. The predicted molar refractivity (Wildman–Crippen MR) is 186 cm³/mol. The van der Waals surface area contributed by atoms with Crippen LogP contribution in [0.3, 0.4) is 0 Å². The monoisotopic (exact) mass is 782 g/mol. The van der Waals surface area contributed by atoms with Crippen molar-refractivity contribution < 1.29 is 38.1 Å². The lowest BCUT2D eigenvalue weighted by molar-refractivity contribution is -0.156. The van der Waals surface area contributed by atoms with E-state index < -0.39 is 46.5 Å². The molecule has 0 heterocycles. The maximum Gasteiger partial charge on any atom is 0.423 e. The summed E-state index contributed by atoms with van der Waals surface area (Å²) >= 11 is 37.7. The molecule has 8 nitrogen and oxygen atoms in total. The summed E-state index contributed by atoms with van der Waals surface area (Å²) in [5.41, 5.74) is -1.45. The highest BCUT2D eigenvalue weighted by Crippen LogP contribution is 2.44. The van der Waals surface area contributed by atoms with Crippen LogP contribution in [0.1, 0.15) is 99.8 Å². The van der Waals surface area contributed by atoms with Gasteiger partial charge in [0.25, 0.3) is 0 Å². The highest BCUT2D eigenvalue weighted by Gasteiger charge is 2.36. The third kappa shape index (κ3) is 9.23. The Morgan fingerprint density at radius 3 is 1.33 bits per heavy atom. The molecule has 0 amide bonds. The van der Waals surface area contributed by atoms with Crippen LogP contribution in [0.4, 0.5) is 0 Å². The van der Waals surface area contributed by atoms with Gasteiger partial charge in [0, 0.05) is 10.8 Å². The smallest absolute Gasteiger partial charge is 0.423 e. The number of halogens is 6. The van der Waals surface area contributed by atoms with Gasteiger partial charge in [-0.1, -0.05) is 123 Å². The molecule has 0 aliphatic heterocycles. The molecule has 4 atom stereocenters. The van der Waals surface area contributed by atoms with E-state index in [4.69, 9.17) is 88.6 Å². The van der Waals surface area contributed by atoms with Gasteiger partial charge in [-0.15, -0.1) is 0 Å². The lowest BCUT2D eigenvalue weighted by Gasteiger charge is -2.36.